The molecule has 0 aromatic rings. The van der Waals surface area contributed by atoms with Crippen molar-refractivity contribution in [1.82, 2.24) is 4.90 Å². The molecule has 1 amide bonds. The minimum Gasteiger partial charge on any atom is -0.461 e. The van der Waals surface area contributed by atoms with Gasteiger partial charge in [0.25, 0.3) is 0 Å². The molecule has 0 saturated heterocycles. The monoisotopic (exact) mass is 491 g/mol. The van der Waals surface area contributed by atoms with E-state index in [1.165, 1.54) is 11.8 Å². The van der Waals surface area contributed by atoms with Crippen molar-refractivity contribution in [3.05, 3.63) is 11.3 Å². The molecule has 0 spiro atoms. The zero-order valence-electron chi connectivity index (χ0n) is 14.7. The number of ether oxygens (including phenoxy) is 2. The molecule has 2 N–H and O–H groups in total. The van der Waals surface area contributed by atoms with E-state index in [1.807, 2.05) is 22.6 Å². The second kappa shape index (κ2) is 8.91. The number of nitrogens with two attached hydrogens (primary N) is 1. The van der Waals surface area contributed by atoms with Gasteiger partial charge in [0.1, 0.15) is 12.3 Å². The van der Waals surface area contributed by atoms with Gasteiger partial charge in [-0.05, 0) is 43.4 Å². The van der Waals surface area contributed by atoms with E-state index in [0.717, 1.165) is 0 Å². The van der Waals surface area contributed by atoms with Gasteiger partial charge in [-0.1, -0.05) is 0 Å². The summed E-state index contributed by atoms with van der Waals surface area (Å²) in [7, 11) is 0. The molecule has 1 heterocycles. The number of esters is 1. The van der Waals surface area contributed by atoms with Gasteiger partial charge in [-0.25, -0.2) is 9.59 Å². The van der Waals surface area contributed by atoms with Crippen LogP contribution in [0.5, 0.6) is 0 Å². The van der Waals surface area contributed by atoms with Crippen LogP contribution in [0.1, 0.15) is 27.2 Å². The highest BCUT2D eigenvalue weighted by atomic mass is 127. The molecule has 0 atom stereocenters. The summed E-state index contributed by atoms with van der Waals surface area (Å²) >= 11 is 1.93. The van der Waals surface area contributed by atoms with Gasteiger partial charge in [0.2, 0.25) is 0 Å². The summed E-state index contributed by atoms with van der Waals surface area (Å²) in [6.07, 6.45) is -5.07. The topological polar surface area (TPSA) is 94.2 Å². The number of hydrogen-bond donors (Lipinski definition) is 1. The Morgan fingerprint density at radius 1 is 1.35 bits per heavy atom. The maximum atomic E-state index is 12.5. The Bertz CT molecular complexity index is 612. The number of rotatable bonds is 5. The molecule has 0 bridgehead atoms. The maximum absolute atomic E-state index is 12.5. The molecular weight excluding hydrogens is 470 g/mol. The maximum Gasteiger partial charge on any atom is 0.411 e. The Morgan fingerprint density at radius 3 is 2.46 bits per heavy atom. The third-order valence-electron chi connectivity index (χ3n) is 3.15. The number of alkyl halides is 4. The average molecular weight is 491 g/mol. The molecule has 7 nitrogen and oxygen atoms in total. The number of carbonyl (C=O) groups excluding carboxylic acids is 2. The second-order valence-electron chi connectivity index (χ2n) is 5.91. The van der Waals surface area contributed by atoms with E-state index in [0.29, 0.717) is 0 Å². The Balaban J connectivity index is 3.11. The van der Waals surface area contributed by atoms with Gasteiger partial charge < -0.3 is 20.1 Å². The molecular formula is C15H21F3IN3O4. The van der Waals surface area contributed by atoms with Gasteiger partial charge in [-0.2, -0.15) is 13.2 Å². The number of aliphatic imine (C=N–C) groups is 1. The molecule has 0 unspecified atom stereocenters. The van der Waals surface area contributed by atoms with Crippen LogP contribution in [0.15, 0.2) is 16.3 Å². The smallest absolute Gasteiger partial charge is 0.411 e. The van der Waals surface area contributed by atoms with Crippen LogP contribution in [0.25, 0.3) is 0 Å². The van der Waals surface area contributed by atoms with E-state index >= 15 is 0 Å². The van der Waals surface area contributed by atoms with E-state index in [4.69, 9.17) is 15.2 Å². The van der Waals surface area contributed by atoms with E-state index in [2.05, 4.69) is 4.99 Å². The van der Waals surface area contributed by atoms with E-state index in [1.54, 1.807) is 13.8 Å². The number of nitrogens with zero attached hydrogens (tertiary/aromatic N) is 2. The summed E-state index contributed by atoms with van der Waals surface area (Å²) in [5.41, 5.74) is 5.59. The molecule has 0 aromatic heterocycles. The van der Waals surface area contributed by atoms with E-state index in [-0.39, 0.29) is 37.4 Å². The van der Waals surface area contributed by atoms with Crippen LogP contribution >= 0.6 is 22.6 Å². The zero-order valence-corrected chi connectivity index (χ0v) is 16.8. The van der Waals surface area contributed by atoms with Crippen molar-refractivity contribution in [3.63, 3.8) is 0 Å². The highest BCUT2D eigenvalue weighted by Crippen LogP contribution is 2.23. The van der Waals surface area contributed by atoms with Gasteiger partial charge in [0, 0.05) is 24.2 Å². The minimum atomic E-state index is -4.59. The van der Waals surface area contributed by atoms with Gasteiger partial charge in [0.15, 0.2) is 3.61 Å². The molecule has 1 rings (SSSR count). The summed E-state index contributed by atoms with van der Waals surface area (Å²) in [5.74, 6) is -1.01. The summed E-state index contributed by atoms with van der Waals surface area (Å²) in [6, 6.07) is 0. The minimum absolute atomic E-state index is 0.0359. The van der Waals surface area contributed by atoms with Crippen LogP contribution in [0.4, 0.5) is 18.0 Å². The van der Waals surface area contributed by atoms with Gasteiger partial charge in [0.05, 0.1) is 13.2 Å². The molecule has 11 heteroatoms. The normalized spacial score (nSPS) is 16.6. The van der Waals surface area contributed by atoms with Crippen molar-refractivity contribution in [3.8, 4) is 0 Å². The van der Waals surface area contributed by atoms with Crippen LogP contribution in [0.3, 0.4) is 0 Å². The number of carbonyl (C=O) groups is 2. The molecule has 0 aromatic carbocycles. The fraction of sp³-hybridized carbons (Fsp3) is 0.667. The van der Waals surface area contributed by atoms with E-state index in [9.17, 15) is 22.8 Å². The summed E-state index contributed by atoms with van der Waals surface area (Å²) in [6.45, 7) is 3.31. The first-order valence-corrected chi connectivity index (χ1v) is 8.85. The van der Waals surface area contributed by atoms with Crippen molar-refractivity contribution in [1.29, 1.82) is 0 Å². The Hall–Kier alpha value is -1.53. The van der Waals surface area contributed by atoms with Crippen molar-refractivity contribution >= 4 is 40.4 Å². The fourth-order valence-electron chi connectivity index (χ4n) is 2.08. The third-order valence-corrected chi connectivity index (χ3v) is 3.37. The van der Waals surface area contributed by atoms with Crippen molar-refractivity contribution < 1.29 is 32.2 Å². The third kappa shape index (κ3) is 7.38. The van der Waals surface area contributed by atoms with Gasteiger partial charge in [-0.3, -0.25) is 4.99 Å². The number of halogens is 4. The lowest BCUT2D eigenvalue weighted by Gasteiger charge is -2.31. The Labute approximate surface area is 162 Å². The Morgan fingerprint density at radius 2 is 1.96 bits per heavy atom. The number of amides is 1. The van der Waals surface area contributed by atoms with Crippen LogP contribution in [0, 0.1) is 0 Å². The zero-order chi connectivity index (χ0) is 20.1. The highest BCUT2D eigenvalue weighted by Gasteiger charge is 2.33. The first kappa shape index (κ1) is 22.5. The molecule has 0 radical (unpaired) electrons. The second-order valence-corrected chi connectivity index (χ2v) is 8.51. The number of hydrogen-bond acceptors (Lipinski definition) is 6. The first-order valence-electron chi connectivity index (χ1n) is 7.77. The van der Waals surface area contributed by atoms with Crippen LogP contribution in [-0.2, 0) is 14.3 Å². The molecule has 0 saturated carbocycles. The highest BCUT2D eigenvalue weighted by molar-refractivity contribution is 14.1. The lowest BCUT2D eigenvalue weighted by Crippen LogP contribution is -2.43. The first-order chi connectivity index (χ1) is 11.8. The fourth-order valence-corrected chi connectivity index (χ4v) is 2.27. The SMILES string of the molecule is CCOC(=O)C(=NCC(F)(F)F)C1=C(N)CCN(C(=O)OC(C)(C)I)C1. The van der Waals surface area contributed by atoms with Crippen LogP contribution in [-0.4, -0.2) is 58.7 Å². The predicted octanol–water partition coefficient (Wildman–Crippen LogP) is 2.78. The van der Waals surface area contributed by atoms with Crippen LogP contribution < -0.4 is 5.73 Å². The summed E-state index contributed by atoms with van der Waals surface area (Å²) in [4.78, 5) is 28.9. The van der Waals surface area contributed by atoms with Crippen molar-refractivity contribution in [2.45, 2.75) is 37.0 Å². The largest absolute Gasteiger partial charge is 0.461 e. The molecule has 1 aliphatic heterocycles. The summed E-state index contributed by atoms with van der Waals surface area (Å²) in [5, 5.41) is 0. The molecule has 1 aliphatic rings. The lowest BCUT2D eigenvalue weighted by atomic mass is 10.0. The predicted molar refractivity (Wildman–Crippen MR) is 97.0 cm³/mol. The molecule has 26 heavy (non-hydrogen) atoms. The molecule has 0 fully saturated rings. The summed E-state index contributed by atoms with van der Waals surface area (Å²) < 4.78 is 46.8. The van der Waals surface area contributed by atoms with Crippen LogP contribution in [0.2, 0.25) is 0 Å². The van der Waals surface area contributed by atoms with E-state index < -0.39 is 34.1 Å². The molecule has 0 aliphatic carbocycles. The molecule has 148 valence electrons. The van der Waals surface area contributed by atoms with Gasteiger partial charge in [-0.15, -0.1) is 0 Å². The average Bonchev–Trinajstić information content (AvgIpc) is 2.46. The quantitative estimate of drug-likeness (QED) is 0.276. The van der Waals surface area contributed by atoms with Crippen molar-refractivity contribution in [2.24, 2.45) is 10.7 Å². The van der Waals surface area contributed by atoms with Crippen molar-refractivity contribution in [2.75, 3.05) is 26.2 Å². The van der Waals surface area contributed by atoms with Gasteiger partial charge >= 0.3 is 18.2 Å². The Kier molecular flexibility index (Phi) is 7.71. The standard InChI is InChI=1S/C15H21F3IN3O4/c1-4-25-12(23)11(21-8-15(16,17)18)9-7-22(6-5-10(9)20)13(24)26-14(2,3)19/h4-8,20H2,1-3H3. The lowest BCUT2D eigenvalue weighted by molar-refractivity contribution is -0.135.